The van der Waals surface area contributed by atoms with Crippen molar-refractivity contribution in [3.8, 4) is 5.75 Å². The lowest BCUT2D eigenvalue weighted by molar-refractivity contribution is 0.179. The Morgan fingerprint density at radius 2 is 2.00 bits per heavy atom. The molecule has 1 unspecified atom stereocenters. The SMILES string of the molecule is COCC(C)NC(N)=NCCCc1ccc(OC)cc1. The zero-order valence-electron chi connectivity index (χ0n) is 12.6. The van der Waals surface area contributed by atoms with Gasteiger partial charge in [-0.05, 0) is 37.5 Å². The first-order chi connectivity index (χ1) is 9.65. The van der Waals surface area contributed by atoms with Crippen LogP contribution in [0.1, 0.15) is 18.9 Å². The molecule has 1 atom stereocenters. The lowest BCUT2D eigenvalue weighted by Gasteiger charge is -2.12. The van der Waals surface area contributed by atoms with Gasteiger partial charge in [-0.25, -0.2) is 0 Å². The van der Waals surface area contributed by atoms with Crippen LogP contribution in [0, 0.1) is 0 Å². The topological polar surface area (TPSA) is 68.9 Å². The summed E-state index contributed by atoms with van der Waals surface area (Å²) in [6.07, 6.45) is 1.95. The minimum Gasteiger partial charge on any atom is -0.497 e. The van der Waals surface area contributed by atoms with Crippen molar-refractivity contribution in [1.29, 1.82) is 0 Å². The first-order valence-electron chi connectivity index (χ1n) is 6.84. The molecule has 5 nitrogen and oxygen atoms in total. The number of aryl methyl sites for hydroxylation is 1. The number of hydrogen-bond donors (Lipinski definition) is 2. The number of guanidine groups is 1. The minimum absolute atomic E-state index is 0.172. The van der Waals surface area contributed by atoms with Crippen LogP contribution in [-0.4, -0.2) is 39.4 Å². The average Bonchev–Trinajstić information content (AvgIpc) is 2.44. The molecule has 112 valence electrons. The fraction of sp³-hybridized carbons (Fsp3) is 0.533. The minimum atomic E-state index is 0.172. The predicted octanol–water partition coefficient (Wildman–Crippen LogP) is 1.57. The van der Waals surface area contributed by atoms with Gasteiger partial charge >= 0.3 is 0 Å². The van der Waals surface area contributed by atoms with Gasteiger partial charge in [0.25, 0.3) is 0 Å². The van der Waals surface area contributed by atoms with E-state index in [1.54, 1.807) is 14.2 Å². The number of rotatable bonds is 8. The Morgan fingerprint density at radius 3 is 2.60 bits per heavy atom. The van der Waals surface area contributed by atoms with Crippen molar-refractivity contribution in [2.75, 3.05) is 27.4 Å². The molecule has 0 saturated heterocycles. The van der Waals surface area contributed by atoms with Crippen LogP contribution in [-0.2, 0) is 11.2 Å². The van der Waals surface area contributed by atoms with E-state index in [0.29, 0.717) is 19.1 Å². The van der Waals surface area contributed by atoms with Crippen LogP contribution in [0.25, 0.3) is 0 Å². The number of nitrogens with zero attached hydrogens (tertiary/aromatic N) is 1. The third kappa shape index (κ3) is 6.43. The molecule has 0 spiro atoms. The normalized spacial score (nSPS) is 13.1. The van der Waals surface area contributed by atoms with E-state index in [-0.39, 0.29) is 6.04 Å². The number of benzene rings is 1. The molecule has 0 heterocycles. The highest BCUT2D eigenvalue weighted by Gasteiger charge is 2.01. The molecular weight excluding hydrogens is 254 g/mol. The Bertz CT molecular complexity index is 404. The number of hydrogen-bond acceptors (Lipinski definition) is 3. The van der Waals surface area contributed by atoms with Crippen molar-refractivity contribution in [3.05, 3.63) is 29.8 Å². The van der Waals surface area contributed by atoms with Crippen LogP contribution in [0.3, 0.4) is 0 Å². The Kier molecular flexibility index (Phi) is 7.50. The molecule has 3 N–H and O–H groups in total. The summed E-state index contributed by atoms with van der Waals surface area (Å²) >= 11 is 0. The molecule has 1 aromatic rings. The van der Waals surface area contributed by atoms with Crippen molar-refractivity contribution in [1.82, 2.24) is 5.32 Å². The number of ether oxygens (including phenoxy) is 2. The quantitative estimate of drug-likeness (QED) is 0.430. The molecule has 1 aromatic carbocycles. The monoisotopic (exact) mass is 279 g/mol. The van der Waals surface area contributed by atoms with Crippen molar-refractivity contribution in [3.63, 3.8) is 0 Å². The van der Waals surface area contributed by atoms with E-state index in [1.807, 2.05) is 19.1 Å². The van der Waals surface area contributed by atoms with Crippen LogP contribution >= 0.6 is 0 Å². The number of methoxy groups -OCH3 is 2. The van der Waals surface area contributed by atoms with Gasteiger partial charge in [-0.2, -0.15) is 0 Å². The largest absolute Gasteiger partial charge is 0.497 e. The highest BCUT2D eigenvalue weighted by molar-refractivity contribution is 5.78. The van der Waals surface area contributed by atoms with Crippen molar-refractivity contribution >= 4 is 5.96 Å². The number of aliphatic imine (C=N–C) groups is 1. The van der Waals surface area contributed by atoms with Crippen LogP contribution in [0.2, 0.25) is 0 Å². The summed E-state index contributed by atoms with van der Waals surface area (Å²) in [5.41, 5.74) is 7.07. The van der Waals surface area contributed by atoms with Gasteiger partial charge in [-0.15, -0.1) is 0 Å². The van der Waals surface area contributed by atoms with Crippen molar-refractivity contribution in [2.45, 2.75) is 25.8 Å². The number of nitrogens with one attached hydrogen (secondary N) is 1. The molecule has 0 fully saturated rings. The summed E-state index contributed by atoms with van der Waals surface area (Å²) in [5.74, 6) is 1.36. The van der Waals surface area contributed by atoms with E-state index < -0.39 is 0 Å². The summed E-state index contributed by atoms with van der Waals surface area (Å²) < 4.78 is 10.1. The first kappa shape index (κ1) is 16.3. The fourth-order valence-corrected chi connectivity index (χ4v) is 1.86. The molecule has 1 rings (SSSR count). The Morgan fingerprint density at radius 1 is 1.30 bits per heavy atom. The second-order valence-corrected chi connectivity index (χ2v) is 4.72. The van der Waals surface area contributed by atoms with E-state index in [0.717, 1.165) is 18.6 Å². The highest BCUT2D eigenvalue weighted by Crippen LogP contribution is 2.12. The summed E-state index contributed by atoms with van der Waals surface area (Å²) in [6.45, 7) is 3.33. The molecule has 0 aliphatic carbocycles. The van der Waals surface area contributed by atoms with Gasteiger partial charge in [-0.3, -0.25) is 4.99 Å². The smallest absolute Gasteiger partial charge is 0.188 e. The van der Waals surface area contributed by atoms with Crippen LogP contribution in [0.4, 0.5) is 0 Å². The van der Waals surface area contributed by atoms with Crippen LogP contribution in [0.5, 0.6) is 5.75 Å². The second-order valence-electron chi connectivity index (χ2n) is 4.72. The molecule has 0 radical (unpaired) electrons. The summed E-state index contributed by atoms with van der Waals surface area (Å²) in [5, 5.41) is 3.08. The average molecular weight is 279 g/mol. The first-order valence-corrected chi connectivity index (χ1v) is 6.84. The molecule has 0 saturated carbocycles. The zero-order valence-corrected chi connectivity index (χ0v) is 12.6. The van der Waals surface area contributed by atoms with E-state index in [2.05, 4.69) is 22.4 Å². The third-order valence-electron chi connectivity index (χ3n) is 2.88. The van der Waals surface area contributed by atoms with Crippen molar-refractivity contribution < 1.29 is 9.47 Å². The van der Waals surface area contributed by atoms with E-state index in [4.69, 9.17) is 15.2 Å². The van der Waals surface area contributed by atoms with Gasteiger partial charge in [0.2, 0.25) is 0 Å². The van der Waals surface area contributed by atoms with Gasteiger partial charge in [0.15, 0.2) is 5.96 Å². The Balaban J connectivity index is 2.25. The molecular formula is C15H25N3O2. The Hall–Kier alpha value is -1.75. The maximum absolute atomic E-state index is 5.79. The molecule has 20 heavy (non-hydrogen) atoms. The maximum atomic E-state index is 5.79. The molecule has 0 aliphatic rings. The molecule has 0 aromatic heterocycles. The van der Waals surface area contributed by atoms with Gasteiger partial charge in [0, 0.05) is 19.7 Å². The van der Waals surface area contributed by atoms with E-state index in [9.17, 15) is 0 Å². The lowest BCUT2D eigenvalue weighted by atomic mass is 10.1. The molecule has 0 amide bonds. The zero-order chi connectivity index (χ0) is 14.8. The standard InChI is InChI=1S/C15H25N3O2/c1-12(11-19-2)18-15(16)17-10-4-5-13-6-8-14(20-3)9-7-13/h6-9,12H,4-5,10-11H2,1-3H3,(H3,16,17,18). The molecule has 5 heteroatoms. The summed E-state index contributed by atoms with van der Waals surface area (Å²) in [6, 6.07) is 8.27. The van der Waals surface area contributed by atoms with Gasteiger partial charge in [0.05, 0.1) is 13.7 Å². The Labute approximate surface area is 121 Å². The van der Waals surface area contributed by atoms with E-state index >= 15 is 0 Å². The summed E-state index contributed by atoms with van der Waals surface area (Å²) in [7, 11) is 3.34. The fourth-order valence-electron chi connectivity index (χ4n) is 1.86. The molecule has 0 aliphatic heterocycles. The maximum Gasteiger partial charge on any atom is 0.188 e. The predicted molar refractivity (Wildman–Crippen MR) is 82.3 cm³/mol. The van der Waals surface area contributed by atoms with Crippen molar-refractivity contribution in [2.24, 2.45) is 10.7 Å². The highest BCUT2D eigenvalue weighted by atomic mass is 16.5. The van der Waals surface area contributed by atoms with Gasteiger partial charge in [-0.1, -0.05) is 12.1 Å². The van der Waals surface area contributed by atoms with Crippen LogP contribution in [0.15, 0.2) is 29.3 Å². The number of nitrogens with two attached hydrogens (primary N) is 1. The molecule has 0 bridgehead atoms. The summed E-state index contributed by atoms with van der Waals surface area (Å²) in [4.78, 5) is 4.30. The van der Waals surface area contributed by atoms with Gasteiger partial charge in [0.1, 0.15) is 5.75 Å². The third-order valence-corrected chi connectivity index (χ3v) is 2.88. The second kappa shape index (κ2) is 9.20. The van der Waals surface area contributed by atoms with Gasteiger partial charge < -0.3 is 20.5 Å². The van der Waals surface area contributed by atoms with E-state index in [1.165, 1.54) is 5.56 Å². The lowest BCUT2D eigenvalue weighted by Crippen LogP contribution is -2.40. The van der Waals surface area contributed by atoms with Crippen LogP contribution < -0.4 is 15.8 Å².